The molecule has 0 aliphatic heterocycles. The fourth-order valence-electron chi connectivity index (χ4n) is 0.910. The molecule has 0 aromatic heterocycles. The van der Waals surface area contributed by atoms with Crippen molar-refractivity contribution in [2.45, 2.75) is 34.1 Å². The Labute approximate surface area is 80.0 Å². The first-order valence-corrected chi connectivity index (χ1v) is 4.61. The third kappa shape index (κ3) is 4.02. The summed E-state index contributed by atoms with van der Waals surface area (Å²) in [5.74, 6) is -0.00262. The van der Waals surface area contributed by atoms with Gasteiger partial charge in [0.2, 0.25) is 0 Å². The van der Waals surface area contributed by atoms with Gasteiger partial charge in [0.05, 0.1) is 0 Å². The van der Waals surface area contributed by atoms with Gasteiger partial charge in [0.15, 0.2) is 5.78 Å². The van der Waals surface area contributed by atoms with Crippen molar-refractivity contribution in [2.75, 3.05) is 0 Å². The zero-order chi connectivity index (χ0) is 10.6. The highest BCUT2D eigenvalue weighted by Crippen LogP contribution is 2.11. The highest BCUT2D eigenvalue weighted by atomic mass is 16.1. The molecule has 0 spiro atoms. The molecule has 0 amide bonds. The second-order valence-corrected chi connectivity index (χ2v) is 3.92. The van der Waals surface area contributed by atoms with Crippen molar-refractivity contribution in [3.63, 3.8) is 0 Å². The molecule has 0 saturated heterocycles. The molecule has 2 heteroatoms. The lowest BCUT2D eigenvalue weighted by molar-refractivity contribution is -0.124. The molecule has 0 N–H and O–H groups in total. The topological polar surface area (TPSA) is 34.1 Å². The van der Waals surface area contributed by atoms with Gasteiger partial charge in [-0.2, -0.15) is 0 Å². The molecule has 0 heterocycles. The normalized spacial score (nSPS) is 10.6. The molecule has 0 unspecified atom stereocenters. The minimum absolute atomic E-state index is 0.00556. The van der Waals surface area contributed by atoms with E-state index in [1.54, 1.807) is 0 Å². The quantitative estimate of drug-likeness (QED) is 0.612. The predicted molar refractivity (Wildman–Crippen MR) is 53.4 cm³/mol. The molecule has 74 valence electrons. The van der Waals surface area contributed by atoms with Gasteiger partial charge in [-0.25, -0.2) is 0 Å². The van der Waals surface area contributed by atoms with Gasteiger partial charge < -0.3 is 0 Å². The molecule has 0 aliphatic rings. The summed E-state index contributed by atoms with van der Waals surface area (Å²) in [5.41, 5.74) is 0.439. The van der Waals surface area contributed by atoms with Crippen LogP contribution in [-0.4, -0.2) is 11.6 Å². The second kappa shape index (κ2) is 4.95. The Hall–Kier alpha value is -0.920. The van der Waals surface area contributed by atoms with Crippen molar-refractivity contribution in [2.24, 2.45) is 11.8 Å². The van der Waals surface area contributed by atoms with Crippen LogP contribution in [0, 0.1) is 11.8 Å². The molecule has 0 aromatic carbocycles. The third-order valence-electron chi connectivity index (χ3n) is 1.90. The van der Waals surface area contributed by atoms with Crippen LogP contribution in [-0.2, 0) is 9.59 Å². The van der Waals surface area contributed by atoms with Gasteiger partial charge in [0.1, 0.15) is 5.78 Å². The van der Waals surface area contributed by atoms with Gasteiger partial charge in [-0.3, -0.25) is 9.59 Å². The smallest absolute Gasteiger partial charge is 0.161 e. The summed E-state index contributed by atoms with van der Waals surface area (Å²) in [6.07, 6.45) is 0.203. The van der Waals surface area contributed by atoms with Crippen molar-refractivity contribution in [3.05, 3.63) is 12.2 Å². The molecule has 0 fully saturated rings. The maximum Gasteiger partial charge on any atom is 0.161 e. The molecule has 0 saturated carbocycles. The van der Waals surface area contributed by atoms with E-state index in [0.29, 0.717) is 5.57 Å². The fraction of sp³-hybridized carbons (Fsp3) is 0.636. The number of carbonyl (C=O) groups is 2. The van der Waals surface area contributed by atoms with Crippen LogP contribution in [0.3, 0.4) is 0 Å². The number of ketones is 2. The van der Waals surface area contributed by atoms with Gasteiger partial charge in [-0.1, -0.05) is 34.3 Å². The summed E-state index contributed by atoms with van der Waals surface area (Å²) in [4.78, 5) is 22.6. The number of rotatable bonds is 5. The van der Waals surface area contributed by atoms with Crippen LogP contribution >= 0.6 is 0 Å². The summed E-state index contributed by atoms with van der Waals surface area (Å²) in [7, 11) is 0. The van der Waals surface area contributed by atoms with Crippen LogP contribution in [0.4, 0.5) is 0 Å². The van der Waals surface area contributed by atoms with Crippen molar-refractivity contribution in [3.8, 4) is 0 Å². The van der Waals surface area contributed by atoms with E-state index in [9.17, 15) is 9.59 Å². The lowest BCUT2D eigenvalue weighted by Gasteiger charge is -2.08. The number of carbonyl (C=O) groups excluding carboxylic acids is 2. The minimum atomic E-state index is -0.0625. The van der Waals surface area contributed by atoms with E-state index in [2.05, 4.69) is 6.58 Å². The Bertz CT molecular complexity index is 224. The minimum Gasteiger partial charge on any atom is -0.299 e. The highest BCUT2D eigenvalue weighted by Gasteiger charge is 2.16. The Morgan fingerprint density at radius 3 is 1.85 bits per heavy atom. The van der Waals surface area contributed by atoms with Gasteiger partial charge in [-0.05, 0) is 5.57 Å². The standard InChI is InChI=1S/C11H18O2/c1-7(2)10(12)6-9(5)11(13)8(3)4/h7-8H,5-6H2,1-4H3. The molecule has 0 aromatic rings. The average Bonchev–Trinajstić information content (AvgIpc) is 2.02. The second-order valence-electron chi connectivity index (χ2n) is 3.92. The molecule has 0 rings (SSSR count). The lowest BCUT2D eigenvalue weighted by Crippen LogP contribution is -2.15. The van der Waals surface area contributed by atoms with E-state index in [0.717, 1.165) is 0 Å². The number of Topliss-reactive ketones (excluding diaryl/α,β-unsaturated/α-hetero) is 2. The van der Waals surface area contributed by atoms with E-state index >= 15 is 0 Å². The van der Waals surface area contributed by atoms with E-state index in [-0.39, 0.29) is 29.8 Å². The summed E-state index contributed by atoms with van der Waals surface area (Å²) in [5, 5.41) is 0. The van der Waals surface area contributed by atoms with Crippen LogP contribution in [0.1, 0.15) is 34.1 Å². The first-order chi connectivity index (χ1) is 5.86. The zero-order valence-corrected chi connectivity index (χ0v) is 8.89. The zero-order valence-electron chi connectivity index (χ0n) is 8.89. The molecule has 0 aliphatic carbocycles. The van der Waals surface area contributed by atoms with E-state index < -0.39 is 0 Å². The molecule has 13 heavy (non-hydrogen) atoms. The number of allylic oxidation sites excluding steroid dienone is 1. The van der Waals surface area contributed by atoms with Gasteiger partial charge in [0, 0.05) is 18.3 Å². The first kappa shape index (κ1) is 12.1. The van der Waals surface area contributed by atoms with E-state index in [1.165, 1.54) is 0 Å². The lowest BCUT2D eigenvalue weighted by atomic mass is 9.95. The van der Waals surface area contributed by atoms with Crippen molar-refractivity contribution in [1.82, 2.24) is 0 Å². The highest BCUT2D eigenvalue weighted by molar-refractivity contribution is 6.01. The first-order valence-electron chi connectivity index (χ1n) is 4.61. The van der Waals surface area contributed by atoms with Gasteiger partial charge in [0.25, 0.3) is 0 Å². The van der Waals surface area contributed by atoms with Crippen molar-refractivity contribution >= 4 is 11.6 Å². The number of hydrogen-bond donors (Lipinski definition) is 0. The Balaban J connectivity index is 4.17. The third-order valence-corrected chi connectivity index (χ3v) is 1.90. The SMILES string of the molecule is C=C(CC(=O)C(C)C)C(=O)C(C)C. The van der Waals surface area contributed by atoms with Gasteiger partial charge >= 0.3 is 0 Å². The van der Waals surface area contributed by atoms with Crippen molar-refractivity contribution in [1.29, 1.82) is 0 Å². The fourth-order valence-corrected chi connectivity index (χ4v) is 0.910. The summed E-state index contributed by atoms with van der Waals surface area (Å²) in [6, 6.07) is 0. The van der Waals surface area contributed by atoms with Crippen LogP contribution < -0.4 is 0 Å². The molecule has 0 radical (unpaired) electrons. The molecule has 0 bridgehead atoms. The van der Waals surface area contributed by atoms with E-state index in [4.69, 9.17) is 0 Å². The van der Waals surface area contributed by atoms with Crippen LogP contribution in [0.2, 0.25) is 0 Å². The maximum absolute atomic E-state index is 11.3. The van der Waals surface area contributed by atoms with Crippen LogP contribution in [0.5, 0.6) is 0 Å². The molecule has 2 nitrogen and oxygen atoms in total. The largest absolute Gasteiger partial charge is 0.299 e. The monoisotopic (exact) mass is 182 g/mol. The Morgan fingerprint density at radius 1 is 1.08 bits per heavy atom. The van der Waals surface area contributed by atoms with Crippen molar-refractivity contribution < 1.29 is 9.59 Å². The predicted octanol–water partition coefficient (Wildman–Crippen LogP) is 2.38. The number of hydrogen-bond acceptors (Lipinski definition) is 2. The summed E-state index contributed by atoms with van der Waals surface area (Å²) < 4.78 is 0. The Morgan fingerprint density at radius 2 is 1.54 bits per heavy atom. The average molecular weight is 182 g/mol. The molecule has 0 atom stereocenters. The summed E-state index contributed by atoms with van der Waals surface area (Å²) in [6.45, 7) is 10.9. The summed E-state index contributed by atoms with van der Waals surface area (Å²) >= 11 is 0. The van der Waals surface area contributed by atoms with Crippen LogP contribution in [0.25, 0.3) is 0 Å². The van der Waals surface area contributed by atoms with Gasteiger partial charge in [-0.15, -0.1) is 0 Å². The Kier molecular flexibility index (Phi) is 4.60. The maximum atomic E-state index is 11.3. The van der Waals surface area contributed by atoms with Crippen LogP contribution in [0.15, 0.2) is 12.2 Å². The molecular formula is C11H18O2. The van der Waals surface area contributed by atoms with E-state index in [1.807, 2.05) is 27.7 Å². The molecular weight excluding hydrogens is 164 g/mol.